The van der Waals surface area contributed by atoms with Crippen molar-refractivity contribution < 1.29 is 5.11 Å². The number of aliphatic hydroxyl groups excluding tert-OH is 1. The summed E-state index contributed by atoms with van der Waals surface area (Å²) in [5, 5.41) is 8.62. The van der Waals surface area contributed by atoms with E-state index in [4.69, 9.17) is 10.8 Å². The largest absolute Gasteiger partial charge is 0.396 e. The summed E-state index contributed by atoms with van der Waals surface area (Å²) in [6, 6.07) is 0. The third kappa shape index (κ3) is 1.97. The van der Waals surface area contributed by atoms with Gasteiger partial charge in [-0.25, -0.2) is 9.97 Å². The van der Waals surface area contributed by atoms with Gasteiger partial charge < -0.3 is 10.8 Å². The van der Waals surface area contributed by atoms with Gasteiger partial charge in [0.2, 0.25) is 0 Å². The Balaban J connectivity index is 2.31. The fourth-order valence-corrected chi connectivity index (χ4v) is 1.35. The van der Waals surface area contributed by atoms with Crippen LogP contribution in [-0.2, 0) is 0 Å². The Kier molecular flexibility index (Phi) is 3.03. The van der Waals surface area contributed by atoms with E-state index in [0.29, 0.717) is 24.3 Å². The van der Waals surface area contributed by atoms with Crippen molar-refractivity contribution in [3.63, 3.8) is 0 Å². The molecule has 0 aromatic carbocycles. The summed E-state index contributed by atoms with van der Waals surface area (Å²) in [7, 11) is 0. The van der Waals surface area contributed by atoms with Crippen molar-refractivity contribution in [2.45, 2.75) is 12.8 Å². The lowest BCUT2D eigenvalue weighted by Gasteiger charge is -1.96. The number of aliphatic hydroxyl groups is 1. The molecule has 5 nitrogen and oxygen atoms in total. The number of imidazole rings is 1. The average Bonchev–Trinajstić information content (AvgIpc) is 2.70. The monoisotopic (exact) mass is 216 g/mol. The van der Waals surface area contributed by atoms with Gasteiger partial charge >= 0.3 is 0 Å². The summed E-state index contributed by atoms with van der Waals surface area (Å²) in [5.74, 6) is 6.35. The maximum Gasteiger partial charge on any atom is 0.180 e. The Morgan fingerprint density at radius 1 is 1.44 bits per heavy atom. The van der Waals surface area contributed by atoms with Gasteiger partial charge in [-0.15, -0.1) is 0 Å². The van der Waals surface area contributed by atoms with Crippen molar-refractivity contribution in [2.24, 2.45) is 0 Å². The third-order valence-electron chi connectivity index (χ3n) is 2.13. The third-order valence-corrected chi connectivity index (χ3v) is 2.13. The second kappa shape index (κ2) is 4.64. The van der Waals surface area contributed by atoms with Crippen LogP contribution in [0.2, 0.25) is 0 Å². The number of anilines is 1. The molecule has 16 heavy (non-hydrogen) atoms. The molecule has 82 valence electrons. The Hall–Kier alpha value is -2.06. The van der Waals surface area contributed by atoms with Gasteiger partial charge in [0, 0.05) is 25.4 Å². The minimum Gasteiger partial charge on any atom is -0.396 e. The van der Waals surface area contributed by atoms with Crippen molar-refractivity contribution >= 4 is 11.5 Å². The number of aromatic nitrogens is 3. The molecule has 0 fully saturated rings. The van der Waals surface area contributed by atoms with Crippen LogP contribution in [-0.4, -0.2) is 26.1 Å². The summed E-state index contributed by atoms with van der Waals surface area (Å²) >= 11 is 0. The van der Waals surface area contributed by atoms with Crippen LogP contribution < -0.4 is 5.73 Å². The molecule has 2 heterocycles. The van der Waals surface area contributed by atoms with E-state index in [0.717, 1.165) is 5.69 Å². The lowest BCUT2D eigenvalue weighted by molar-refractivity contribution is 0.290. The number of nitrogens with two attached hydrogens (primary N) is 1. The highest BCUT2D eigenvalue weighted by atomic mass is 16.2. The molecule has 0 bridgehead atoms. The second-order valence-corrected chi connectivity index (χ2v) is 3.28. The van der Waals surface area contributed by atoms with E-state index in [1.54, 1.807) is 23.0 Å². The fourth-order valence-electron chi connectivity index (χ4n) is 1.35. The van der Waals surface area contributed by atoms with Crippen LogP contribution in [0, 0.1) is 11.8 Å². The molecule has 0 amide bonds. The van der Waals surface area contributed by atoms with Crippen LogP contribution >= 0.6 is 0 Å². The molecule has 0 saturated heterocycles. The summed E-state index contributed by atoms with van der Waals surface area (Å²) in [4.78, 5) is 8.08. The first-order valence-electron chi connectivity index (χ1n) is 5.00. The molecule has 0 unspecified atom stereocenters. The summed E-state index contributed by atoms with van der Waals surface area (Å²) in [6.07, 6.45) is 6.41. The van der Waals surface area contributed by atoms with Gasteiger partial charge in [-0.1, -0.05) is 5.92 Å². The zero-order valence-electron chi connectivity index (χ0n) is 8.72. The predicted molar refractivity (Wildman–Crippen MR) is 60.6 cm³/mol. The zero-order chi connectivity index (χ0) is 11.4. The fraction of sp³-hybridized carbons (Fsp3) is 0.273. The SMILES string of the molecule is Nc1nccn2c(C#CCCCO)cnc12. The Bertz CT molecular complexity index is 550. The first-order valence-corrected chi connectivity index (χ1v) is 5.00. The molecule has 0 aliphatic carbocycles. The lowest BCUT2D eigenvalue weighted by atomic mass is 10.3. The van der Waals surface area contributed by atoms with Crippen LogP contribution in [0.15, 0.2) is 18.6 Å². The van der Waals surface area contributed by atoms with Crippen molar-refractivity contribution in [3.05, 3.63) is 24.3 Å². The average molecular weight is 216 g/mol. The smallest absolute Gasteiger partial charge is 0.180 e. The van der Waals surface area contributed by atoms with Gasteiger partial charge in [-0.3, -0.25) is 4.40 Å². The summed E-state index contributed by atoms with van der Waals surface area (Å²) in [6.45, 7) is 0.165. The number of fused-ring (bicyclic) bond motifs is 1. The van der Waals surface area contributed by atoms with E-state index in [-0.39, 0.29) is 6.61 Å². The number of hydrogen-bond acceptors (Lipinski definition) is 4. The predicted octanol–water partition coefficient (Wildman–Crippen LogP) is 0.436. The highest BCUT2D eigenvalue weighted by molar-refractivity contribution is 5.61. The minimum absolute atomic E-state index is 0.165. The molecule has 0 atom stereocenters. The van der Waals surface area contributed by atoms with Gasteiger partial charge in [0.15, 0.2) is 11.5 Å². The van der Waals surface area contributed by atoms with Crippen LogP contribution in [0.1, 0.15) is 18.5 Å². The van der Waals surface area contributed by atoms with Gasteiger partial charge in [-0.05, 0) is 12.3 Å². The Labute approximate surface area is 92.9 Å². The van der Waals surface area contributed by atoms with Gasteiger partial charge in [0.05, 0.1) is 6.20 Å². The molecule has 0 radical (unpaired) electrons. The van der Waals surface area contributed by atoms with Gasteiger partial charge in [0.25, 0.3) is 0 Å². The standard InChI is InChI=1S/C11H12N4O/c12-10-11-14-8-9(4-2-1-3-7-16)15(11)6-5-13-10/h5-6,8,16H,1,3,7H2,(H2,12,13). The number of rotatable bonds is 2. The molecular weight excluding hydrogens is 204 g/mol. The van der Waals surface area contributed by atoms with E-state index in [9.17, 15) is 0 Å². The van der Waals surface area contributed by atoms with E-state index in [2.05, 4.69) is 21.8 Å². The molecule has 2 rings (SSSR count). The maximum atomic E-state index is 8.62. The van der Waals surface area contributed by atoms with E-state index >= 15 is 0 Å². The first-order chi connectivity index (χ1) is 7.83. The minimum atomic E-state index is 0.165. The number of nitrogens with zero attached hydrogens (tertiary/aromatic N) is 3. The highest BCUT2D eigenvalue weighted by Gasteiger charge is 2.03. The molecule has 2 aromatic rings. The Morgan fingerprint density at radius 3 is 3.12 bits per heavy atom. The zero-order valence-corrected chi connectivity index (χ0v) is 8.72. The molecule has 0 aliphatic rings. The topological polar surface area (TPSA) is 76.4 Å². The molecule has 0 saturated carbocycles. The maximum absolute atomic E-state index is 8.62. The number of hydrogen-bond donors (Lipinski definition) is 2. The number of unbranched alkanes of at least 4 members (excludes halogenated alkanes) is 1. The highest BCUT2D eigenvalue weighted by Crippen LogP contribution is 2.09. The Morgan fingerprint density at radius 2 is 2.31 bits per heavy atom. The second-order valence-electron chi connectivity index (χ2n) is 3.28. The van der Waals surface area contributed by atoms with Gasteiger partial charge in [-0.2, -0.15) is 0 Å². The number of nitrogen functional groups attached to an aromatic ring is 1. The summed E-state index contributed by atoms with van der Waals surface area (Å²) < 4.78 is 1.80. The van der Waals surface area contributed by atoms with Crippen molar-refractivity contribution in [1.82, 2.24) is 14.4 Å². The van der Waals surface area contributed by atoms with E-state index in [1.165, 1.54) is 0 Å². The van der Waals surface area contributed by atoms with Crippen LogP contribution in [0.4, 0.5) is 5.82 Å². The molecule has 3 N–H and O–H groups in total. The van der Waals surface area contributed by atoms with Gasteiger partial charge in [0.1, 0.15) is 5.69 Å². The molecular formula is C11H12N4O. The van der Waals surface area contributed by atoms with Crippen molar-refractivity contribution in [2.75, 3.05) is 12.3 Å². The van der Waals surface area contributed by atoms with Crippen LogP contribution in [0.3, 0.4) is 0 Å². The van der Waals surface area contributed by atoms with Crippen molar-refractivity contribution in [3.8, 4) is 11.8 Å². The quantitative estimate of drug-likeness (QED) is 0.564. The molecule has 2 aromatic heterocycles. The van der Waals surface area contributed by atoms with Crippen LogP contribution in [0.5, 0.6) is 0 Å². The molecule has 0 spiro atoms. The van der Waals surface area contributed by atoms with E-state index in [1.807, 2.05) is 0 Å². The lowest BCUT2D eigenvalue weighted by Crippen LogP contribution is -1.96. The molecule has 5 heteroatoms. The van der Waals surface area contributed by atoms with Crippen LogP contribution in [0.25, 0.3) is 5.65 Å². The first kappa shape index (κ1) is 10.5. The van der Waals surface area contributed by atoms with E-state index < -0.39 is 0 Å². The molecule has 0 aliphatic heterocycles. The summed E-state index contributed by atoms with van der Waals surface area (Å²) in [5.41, 5.74) is 7.07. The normalized spacial score (nSPS) is 10.1. The van der Waals surface area contributed by atoms with Crippen molar-refractivity contribution in [1.29, 1.82) is 0 Å².